The summed E-state index contributed by atoms with van der Waals surface area (Å²) in [6.45, 7) is 1.64. The molecule has 0 radical (unpaired) electrons. The minimum absolute atomic E-state index is 0.0932. The Hall–Kier alpha value is -3.22. The van der Waals surface area contributed by atoms with Crippen molar-refractivity contribution in [1.82, 2.24) is 9.97 Å². The fraction of sp³-hybridized carbons (Fsp3) is 0.333. The van der Waals surface area contributed by atoms with Crippen LogP contribution in [0.25, 0.3) is 10.9 Å². The molecule has 0 saturated carbocycles. The van der Waals surface area contributed by atoms with Gasteiger partial charge in [-0.1, -0.05) is 12.1 Å². The van der Waals surface area contributed by atoms with Gasteiger partial charge in [0.1, 0.15) is 11.5 Å². The van der Waals surface area contributed by atoms with Crippen LogP contribution < -0.4 is 25.2 Å². The first-order chi connectivity index (χ1) is 13.7. The van der Waals surface area contributed by atoms with Crippen LogP contribution in [0.2, 0.25) is 0 Å². The van der Waals surface area contributed by atoms with Gasteiger partial charge in [0.25, 0.3) is 5.56 Å². The summed E-state index contributed by atoms with van der Waals surface area (Å²) < 4.78 is 10.7. The molecule has 0 spiro atoms. The van der Waals surface area contributed by atoms with Gasteiger partial charge in [-0.05, 0) is 25.0 Å². The largest absolute Gasteiger partial charge is 0.497 e. The number of H-pyrrole nitrogens is 1. The Morgan fingerprint density at radius 2 is 1.75 bits per heavy atom. The Kier molecular flexibility index (Phi) is 5.06. The lowest BCUT2D eigenvalue weighted by atomic mass is 10.0. The number of hydrogen-bond acceptors (Lipinski definition) is 6. The summed E-state index contributed by atoms with van der Waals surface area (Å²) in [7, 11) is 3.29. The average molecular weight is 380 g/mol. The van der Waals surface area contributed by atoms with E-state index in [0.717, 1.165) is 48.6 Å². The molecular formula is C21H24N4O3. The van der Waals surface area contributed by atoms with Crippen molar-refractivity contribution in [3.63, 3.8) is 0 Å². The highest BCUT2D eigenvalue weighted by Crippen LogP contribution is 2.28. The van der Waals surface area contributed by atoms with Gasteiger partial charge in [0.15, 0.2) is 0 Å². The Bertz CT molecular complexity index is 1000. The van der Waals surface area contributed by atoms with Crippen molar-refractivity contribution in [3.05, 3.63) is 52.8 Å². The third kappa shape index (κ3) is 3.74. The number of nitrogens with one attached hydrogen (secondary N) is 2. The summed E-state index contributed by atoms with van der Waals surface area (Å²) in [5, 5.41) is 4.18. The number of nitrogens with zero attached hydrogens (tertiary/aromatic N) is 2. The second kappa shape index (κ2) is 7.80. The number of rotatable bonds is 5. The van der Waals surface area contributed by atoms with Gasteiger partial charge in [0.05, 0.1) is 25.1 Å². The van der Waals surface area contributed by atoms with E-state index in [4.69, 9.17) is 9.47 Å². The van der Waals surface area contributed by atoms with Crippen LogP contribution in [0.4, 0.5) is 11.6 Å². The molecule has 2 heterocycles. The number of benzene rings is 2. The van der Waals surface area contributed by atoms with E-state index in [0.29, 0.717) is 17.4 Å². The number of para-hydroxylation sites is 1. The van der Waals surface area contributed by atoms with Crippen molar-refractivity contribution in [2.24, 2.45) is 0 Å². The molecule has 7 nitrogen and oxygen atoms in total. The van der Waals surface area contributed by atoms with Gasteiger partial charge in [-0.25, -0.2) is 4.98 Å². The molecule has 28 heavy (non-hydrogen) atoms. The normalized spacial score (nSPS) is 14.9. The van der Waals surface area contributed by atoms with Gasteiger partial charge in [0, 0.05) is 43.0 Å². The van der Waals surface area contributed by atoms with Crippen molar-refractivity contribution in [3.8, 4) is 11.5 Å². The number of aromatic nitrogens is 2. The number of methoxy groups -OCH3 is 2. The van der Waals surface area contributed by atoms with E-state index < -0.39 is 0 Å². The third-order valence-corrected chi connectivity index (χ3v) is 5.12. The van der Waals surface area contributed by atoms with E-state index in [-0.39, 0.29) is 5.56 Å². The Labute approximate surface area is 163 Å². The number of anilines is 2. The van der Waals surface area contributed by atoms with Crippen LogP contribution in [0.15, 0.2) is 47.3 Å². The monoisotopic (exact) mass is 380 g/mol. The zero-order valence-electron chi connectivity index (χ0n) is 16.1. The first kappa shape index (κ1) is 18.2. The van der Waals surface area contributed by atoms with E-state index in [1.807, 2.05) is 36.4 Å². The molecule has 2 N–H and O–H groups in total. The predicted molar refractivity (Wildman–Crippen MR) is 111 cm³/mol. The van der Waals surface area contributed by atoms with Crippen molar-refractivity contribution < 1.29 is 9.47 Å². The van der Waals surface area contributed by atoms with Crippen molar-refractivity contribution in [2.75, 3.05) is 37.5 Å². The van der Waals surface area contributed by atoms with Gasteiger partial charge in [-0.15, -0.1) is 0 Å². The lowest BCUT2D eigenvalue weighted by molar-refractivity contribution is 0.394. The maximum Gasteiger partial charge on any atom is 0.260 e. The smallest absolute Gasteiger partial charge is 0.260 e. The number of ether oxygens (including phenoxy) is 2. The second-order valence-electron chi connectivity index (χ2n) is 6.91. The maximum absolute atomic E-state index is 12.3. The maximum atomic E-state index is 12.3. The van der Waals surface area contributed by atoms with Crippen LogP contribution in [0, 0.1) is 0 Å². The summed E-state index contributed by atoms with van der Waals surface area (Å²) in [4.78, 5) is 22.0. The molecule has 1 saturated heterocycles. The molecule has 0 atom stereocenters. The predicted octanol–water partition coefficient (Wildman–Crippen LogP) is 3.02. The molecule has 1 aliphatic rings. The fourth-order valence-corrected chi connectivity index (χ4v) is 3.59. The molecule has 3 aromatic rings. The van der Waals surface area contributed by atoms with Crippen molar-refractivity contribution in [1.29, 1.82) is 0 Å². The van der Waals surface area contributed by atoms with Gasteiger partial charge in [-0.3, -0.25) is 9.78 Å². The van der Waals surface area contributed by atoms with Gasteiger partial charge < -0.3 is 19.7 Å². The third-order valence-electron chi connectivity index (χ3n) is 5.12. The minimum Gasteiger partial charge on any atom is -0.497 e. The van der Waals surface area contributed by atoms with Crippen molar-refractivity contribution >= 4 is 22.5 Å². The van der Waals surface area contributed by atoms with Gasteiger partial charge in [-0.2, -0.15) is 0 Å². The van der Waals surface area contributed by atoms with E-state index in [1.165, 1.54) is 0 Å². The van der Waals surface area contributed by atoms with E-state index >= 15 is 0 Å². The number of hydrogen-bond donors (Lipinski definition) is 2. The fourth-order valence-electron chi connectivity index (χ4n) is 3.59. The van der Waals surface area contributed by atoms with Crippen LogP contribution in [0.1, 0.15) is 12.8 Å². The van der Waals surface area contributed by atoms with Crippen LogP contribution in [-0.2, 0) is 0 Å². The molecule has 0 unspecified atom stereocenters. The van der Waals surface area contributed by atoms with Crippen LogP contribution >= 0.6 is 0 Å². The molecule has 0 amide bonds. The first-order valence-electron chi connectivity index (χ1n) is 9.40. The second-order valence-corrected chi connectivity index (χ2v) is 6.91. The summed E-state index contributed by atoms with van der Waals surface area (Å²) >= 11 is 0. The number of aromatic amines is 1. The topological polar surface area (TPSA) is 79.5 Å². The lowest BCUT2D eigenvalue weighted by Gasteiger charge is -2.33. The van der Waals surface area contributed by atoms with Crippen LogP contribution in [0.3, 0.4) is 0 Å². The number of fused-ring (bicyclic) bond motifs is 1. The summed E-state index contributed by atoms with van der Waals surface area (Å²) in [6, 6.07) is 13.5. The summed E-state index contributed by atoms with van der Waals surface area (Å²) in [5.41, 5.74) is 1.61. The Morgan fingerprint density at radius 1 is 1.07 bits per heavy atom. The molecule has 0 aliphatic carbocycles. The SMILES string of the molecule is COc1cc(NC2CCN(c3nc4ccccc4c(=O)[nH]3)CC2)cc(OC)c1. The highest BCUT2D eigenvalue weighted by atomic mass is 16.5. The Morgan fingerprint density at radius 3 is 2.43 bits per heavy atom. The molecule has 1 aromatic heterocycles. The molecule has 2 aromatic carbocycles. The molecule has 1 aliphatic heterocycles. The molecular weight excluding hydrogens is 356 g/mol. The van der Waals surface area contributed by atoms with E-state index in [1.54, 1.807) is 20.3 Å². The van der Waals surface area contributed by atoms with Gasteiger partial charge in [0.2, 0.25) is 5.95 Å². The molecule has 146 valence electrons. The molecule has 0 bridgehead atoms. The zero-order chi connectivity index (χ0) is 19.5. The van der Waals surface area contributed by atoms with E-state index in [2.05, 4.69) is 20.2 Å². The molecule has 1 fully saturated rings. The Balaban J connectivity index is 1.45. The lowest BCUT2D eigenvalue weighted by Crippen LogP contribution is -2.40. The summed E-state index contributed by atoms with van der Waals surface area (Å²) in [5.74, 6) is 2.17. The molecule has 7 heteroatoms. The van der Waals surface area contributed by atoms with E-state index in [9.17, 15) is 4.79 Å². The zero-order valence-corrected chi connectivity index (χ0v) is 16.1. The summed E-state index contributed by atoms with van der Waals surface area (Å²) in [6.07, 6.45) is 1.88. The highest BCUT2D eigenvalue weighted by molar-refractivity contribution is 5.78. The standard InChI is InChI=1S/C21H24N4O3/c1-27-16-11-15(12-17(13-16)28-2)22-14-7-9-25(10-8-14)21-23-19-6-4-3-5-18(19)20(26)24-21/h3-6,11-14,22H,7-10H2,1-2H3,(H,23,24,26). The molecule has 4 rings (SSSR count). The van der Waals surface area contributed by atoms with Crippen LogP contribution in [0.5, 0.6) is 11.5 Å². The number of piperidine rings is 1. The first-order valence-corrected chi connectivity index (χ1v) is 9.40. The highest BCUT2D eigenvalue weighted by Gasteiger charge is 2.21. The van der Waals surface area contributed by atoms with Gasteiger partial charge >= 0.3 is 0 Å². The average Bonchev–Trinajstić information content (AvgIpc) is 2.74. The minimum atomic E-state index is -0.0932. The van der Waals surface area contributed by atoms with Crippen LogP contribution in [-0.4, -0.2) is 43.3 Å². The quantitative estimate of drug-likeness (QED) is 0.708. The van der Waals surface area contributed by atoms with Crippen molar-refractivity contribution in [2.45, 2.75) is 18.9 Å².